The molecule has 0 aromatic rings. The van der Waals surface area contributed by atoms with Gasteiger partial charge in [-0.3, -0.25) is 4.79 Å². The monoisotopic (exact) mass is 239 g/mol. The molecular formula is C13H25N3O. The zero-order chi connectivity index (χ0) is 12.3. The third-order valence-electron chi connectivity index (χ3n) is 4.17. The Morgan fingerprint density at radius 1 is 1.29 bits per heavy atom. The predicted molar refractivity (Wildman–Crippen MR) is 68.9 cm³/mol. The Morgan fingerprint density at radius 2 is 2.00 bits per heavy atom. The van der Waals surface area contributed by atoms with Crippen LogP contribution in [0.5, 0.6) is 0 Å². The van der Waals surface area contributed by atoms with Gasteiger partial charge in [-0.1, -0.05) is 13.8 Å². The second kappa shape index (κ2) is 5.83. The van der Waals surface area contributed by atoms with Crippen molar-refractivity contribution >= 4 is 5.91 Å². The number of hydrogen-bond donors (Lipinski definition) is 1. The zero-order valence-electron chi connectivity index (χ0n) is 11.1. The Morgan fingerprint density at radius 3 is 2.59 bits per heavy atom. The van der Waals surface area contributed by atoms with E-state index in [4.69, 9.17) is 0 Å². The lowest BCUT2D eigenvalue weighted by Crippen LogP contribution is -2.56. The maximum atomic E-state index is 12.4. The smallest absolute Gasteiger partial charge is 0.240 e. The SMILES string of the molecule is CCN1CCN(C(=O)C2NCCCC2C)CC1. The molecule has 0 aliphatic carbocycles. The van der Waals surface area contributed by atoms with Crippen LogP contribution in [0.1, 0.15) is 26.7 Å². The van der Waals surface area contributed by atoms with E-state index in [1.54, 1.807) is 0 Å². The van der Waals surface area contributed by atoms with Gasteiger partial charge < -0.3 is 15.1 Å². The molecule has 17 heavy (non-hydrogen) atoms. The van der Waals surface area contributed by atoms with Crippen LogP contribution < -0.4 is 5.32 Å². The highest BCUT2D eigenvalue weighted by Crippen LogP contribution is 2.18. The number of rotatable bonds is 2. The van der Waals surface area contributed by atoms with Crippen molar-refractivity contribution in [2.75, 3.05) is 39.3 Å². The van der Waals surface area contributed by atoms with Gasteiger partial charge in [-0.15, -0.1) is 0 Å². The van der Waals surface area contributed by atoms with Gasteiger partial charge in [0.25, 0.3) is 0 Å². The van der Waals surface area contributed by atoms with Gasteiger partial charge in [0.05, 0.1) is 6.04 Å². The summed E-state index contributed by atoms with van der Waals surface area (Å²) in [6, 6.07) is 0.0666. The Labute approximate surface area is 104 Å². The van der Waals surface area contributed by atoms with Crippen LogP contribution in [0, 0.1) is 5.92 Å². The van der Waals surface area contributed by atoms with Gasteiger partial charge >= 0.3 is 0 Å². The van der Waals surface area contributed by atoms with Crippen molar-refractivity contribution in [2.24, 2.45) is 5.92 Å². The van der Waals surface area contributed by atoms with Crippen LogP contribution in [0.25, 0.3) is 0 Å². The fraction of sp³-hybridized carbons (Fsp3) is 0.923. The first kappa shape index (κ1) is 12.8. The minimum Gasteiger partial charge on any atom is -0.339 e. The molecule has 2 heterocycles. The third kappa shape index (κ3) is 2.99. The van der Waals surface area contributed by atoms with Crippen molar-refractivity contribution in [3.05, 3.63) is 0 Å². The molecule has 2 aliphatic rings. The van der Waals surface area contributed by atoms with E-state index < -0.39 is 0 Å². The van der Waals surface area contributed by atoms with Crippen molar-refractivity contribution in [3.63, 3.8) is 0 Å². The van der Waals surface area contributed by atoms with Gasteiger partial charge in [0.2, 0.25) is 5.91 Å². The van der Waals surface area contributed by atoms with Crippen molar-refractivity contribution in [1.29, 1.82) is 0 Å². The van der Waals surface area contributed by atoms with Gasteiger partial charge in [0.1, 0.15) is 0 Å². The van der Waals surface area contributed by atoms with Crippen LogP contribution in [-0.2, 0) is 4.79 Å². The molecule has 2 atom stereocenters. The topological polar surface area (TPSA) is 35.6 Å². The predicted octanol–water partition coefficient (Wildman–Crippen LogP) is 0.539. The number of hydrogen-bond acceptors (Lipinski definition) is 3. The molecule has 1 N–H and O–H groups in total. The molecule has 0 saturated carbocycles. The second-order valence-electron chi connectivity index (χ2n) is 5.31. The van der Waals surface area contributed by atoms with Crippen molar-refractivity contribution < 1.29 is 4.79 Å². The summed E-state index contributed by atoms with van der Waals surface area (Å²) in [6.45, 7) is 10.3. The maximum Gasteiger partial charge on any atom is 0.240 e. The van der Waals surface area contributed by atoms with Gasteiger partial charge in [-0.05, 0) is 31.8 Å². The number of carbonyl (C=O) groups excluding carboxylic acids is 1. The molecule has 2 fully saturated rings. The molecule has 1 amide bonds. The van der Waals surface area contributed by atoms with Gasteiger partial charge in [0.15, 0.2) is 0 Å². The van der Waals surface area contributed by atoms with Crippen LogP contribution in [-0.4, -0.2) is 61.0 Å². The summed E-state index contributed by atoms with van der Waals surface area (Å²) in [5.41, 5.74) is 0. The number of nitrogens with zero attached hydrogens (tertiary/aromatic N) is 2. The minimum atomic E-state index is 0.0666. The number of piperazine rings is 1. The fourth-order valence-corrected chi connectivity index (χ4v) is 2.86. The highest BCUT2D eigenvalue weighted by molar-refractivity contribution is 5.82. The van der Waals surface area contributed by atoms with E-state index in [1.165, 1.54) is 12.8 Å². The quantitative estimate of drug-likeness (QED) is 0.764. The molecule has 2 unspecified atom stereocenters. The van der Waals surface area contributed by atoms with Crippen molar-refractivity contribution in [1.82, 2.24) is 15.1 Å². The molecule has 4 nitrogen and oxygen atoms in total. The summed E-state index contributed by atoms with van der Waals surface area (Å²) in [5, 5.41) is 3.39. The first-order valence-electron chi connectivity index (χ1n) is 6.97. The van der Waals surface area contributed by atoms with Crippen LogP contribution in [0.15, 0.2) is 0 Å². The van der Waals surface area contributed by atoms with E-state index in [9.17, 15) is 4.79 Å². The van der Waals surface area contributed by atoms with E-state index in [1.807, 2.05) is 4.90 Å². The molecule has 0 bridgehead atoms. The summed E-state index contributed by atoms with van der Waals surface area (Å²) < 4.78 is 0. The van der Waals surface area contributed by atoms with Crippen molar-refractivity contribution in [3.8, 4) is 0 Å². The molecule has 2 rings (SSSR count). The van der Waals surface area contributed by atoms with Gasteiger partial charge in [-0.25, -0.2) is 0 Å². The Hall–Kier alpha value is -0.610. The molecule has 2 saturated heterocycles. The van der Waals surface area contributed by atoms with Crippen LogP contribution in [0.3, 0.4) is 0 Å². The molecule has 0 spiro atoms. The highest BCUT2D eigenvalue weighted by Gasteiger charge is 2.32. The van der Waals surface area contributed by atoms with E-state index >= 15 is 0 Å². The number of amides is 1. The fourth-order valence-electron chi connectivity index (χ4n) is 2.86. The van der Waals surface area contributed by atoms with Gasteiger partial charge in [0, 0.05) is 26.2 Å². The average molecular weight is 239 g/mol. The van der Waals surface area contributed by atoms with Crippen LogP contribution >= 0.6 is 0 Å². The normalized spacial score (nSPS) is 31.5. The Kier molecular flexibility index (Phi) is 4.40. The molecular weight excluding hydrogens is 214 g/mol. The van der Waals surface area contributed by atoms with E-state index in [2.05, 4.69) is 24.1 Å². The lowest BCUT2D eigenvalue weighted by Gasteiger charge is -2.38. The van der Waals surface area contributed by atoms with E-state index in [-0.39, 0.29) is 6.04 Å². The Balaban J connectivity index is 1.87. The standard InChI is InChI=1S/C13H25N3O/c1-3-15-7-9-16(10-8-15)13(17)12-11(2)5-4-6-14-12/h11-12,14H,3-10H2,1-2H3. The third-order valence-corrected chi connectivity index (χ3v) is 4.17. The average Bonchev–Trinajstić information content (AvgIpc) is 2.39. The first-order valence-corrected chi connectivity index (χ1v) is 6.97. The molecule has 2 aliphatic heterocycles. The van der Waals surface area contributed by atoms with Crippen molar-refractivity contribution in [2.45, 2.75) is 32.7 Å². The zero-order valence-corrected chi connectivity index (χ0v) is 11.1. The first-order chi connectivity index (χ1) is 8.22. The molecule has 4 heteroatoms. The number of nitrogens with one attached hydrogen (secondary N) is 1. The minimum absolute atomic E-state index is 0.0666. The summed E-state index contributed by atoms with van der Waals surface area (Å²) in [7, 11) is 0. The van der Waals surface area contributed by atoms with E-state index in [0.29, 0.717) is 11.8 Å². The summed E-state index contributed by atoms with van der Waals surface area (Å²) >= 11 is 0. The molecule has 0 radical (unpaired) electrons. The lowest BCUT2D eigenvalue weighted by molar-refractivity contribution is -0.137. The largest absolute Gasteiger partial charge is 0.339 e. The second-order valence-corrected chi connectivity index (χ2v) is 5.31. The summed E-state index contributed by atoms with van der Waals surface area (Å²) in [6.07, 6.45) is 2.38. The Bertz CT molecular complexity index is 261. The van der Waals surface area contributed by atoms with Crippen LogP contribution in [0.4, 0.5) is 0 Å². The van der Waals surface area contributed by atoms with E-state index in [0.717, 1.165) is 39.3 Å². The number of likely N-dealkylation sites (N-methyl/N-ethyl adjacent to an activating group) is 1. The lowest BCUT2D eigenvalue weighted by atomic mass is 9.91. The molecule has 98 valence electrons. The van der Waals surface area contributed by atoms with Crippen LogP contribution in [0.2, 0.25) is 0 Å². The van der Waals surface area contributed by atoms with Gasteiger partial charge in [-0.2, -0.15) is 0 Å². The number of piperidine rings is 1. The highest BCUT2D eigenvalue weighted by atomic mass is 16.2. The number of carbonyl (C=O) groups is 1. The summed E-state index contributed by atoms with van der Waals surface area (Å²) in [4.78, 5) is 16.9. The molecule has 0 aromatic heterocycles. The summed E-state index contributed by atoms with van der Waals surface area (Å²) in [5.74, 6) is 0.813. The molecule has 0 aromatic carbocycles. The maximum absolute atomic E-state index is 12.4.